The first-order valence-electron chi connectivity index (χ1n) is 10.2. The van der Waals surface area contributed by atoms with Gasteiger partial charge in [0.15, 0.2) is 0 Å². The molecule has 0 aromatic heterocycles. The largest absolute Gasteiger partial charge is 1.00 e. The molecular weight excluding hydrogens is 489 g/mol. The molecule has 1 heterocycles. The van der Waals surface area contributed by atoms with Crippen LogP contribution in [0.25, 0.3) is 0 Å². The Balaban J connectivity index is 0.00000289. The molecule has 1 aliphatic heterocycles. The molecule has 0 aliphatic carbocycles. The number of carbonyl (C=O) groups is 3. The fourth-order valence-corrected chi connectivity index (χ4v) is 8.18. The van der Waals surface area contributed by atoms with Crippen molar-refractivity contribution in [3.63, 3.8) is 0 Å². The molecule has 0 atom stereocenters. The van der Waals surface area contributed by atoms with Crippen LogP contribution in [0.5, 0.6) is 0 Å². The van der Waals surface area contributed by atoms with Gasteiger partial charge in [0.2, 0.25) is 0 Å². The average molecular weight is 512 g/mol. The van der Waals surface area contributed by atoms with Crippen LogP contribution < -0.4 is 32.9 Å². The molecule has 5 nitrogen and oxygen atoms in total. The Labute approximate surface area is 198 Å². The molecule has 0 unspecified atom stereocenters. The molecule has 7 heteroatoms. The van der Waals surface area contributed by atoms with E-state index in [0.29, 0.717) is 11.2 Å². The summed E-state index contributed by atoms with van der Waals surface area (Å²) in [6.45, 7) is 0. The van der Waals surface area contributed by atoms with Crippen LogP contribution in [-0.4, -0.2) is 29.0 Å². The molecular formula is C25H23BrNO4P. The van der Waals surface area contributed by atoms with Crippen LogP contribution in [0.1, 0.15) is 19.3 Å². The van der Waals surface area contributed by atoms with Gasteiger partial charge in [0.05, 0.1) is 12.6 Å². The maximum Gasteiger partial charge on any atom is 0.336 e. The second kappa shape index (κ2) is 10.7. The molecule has 4 rings (SSSR count). The number of hydrogen-bond acceptors (Lipinski definition) is 4. The van der Waals surface area contributed by atoms with E-state index in [1.54, 1.807) is 0 Å². The van der Waals surface area contributed by atoms with Crippen molar-refractivity contribution in [1.82, 2.24) is 5.06 Å². The van der Waals surface area contributed by atoms with E-state index in [4.69, 9.17) is 4.84 Å². The number of rotatable bonds is 7. The van der Waals surface area contributed by atoms with Gasteiger partial charge in [0.1, 0.15) is 23.2 Å². The van der Waals surface area contributed by atoms with E-state index in [-0.39, 0.29) is 36.2 Å². The van der Waals surface area contributed by atoms with Gasteiger partial charge in [-0.05, 0) is 36.4 Å². The van der Waals surface area contributed by atoms with Gasteiger partial charge >= 0.3 is 5.97 Å². The number of halogens is 1. The van der Waals surface area contributed by atoms with E-state index in [1.807, 2.05) is 54.6 Å². The van der Waals surface area contributed by atoms with Gasteiger partial charge < -0.3 is 21.8 Å². The fraction of sp³-hybridized carbons (Fsp3) is 0.160. The summed E-state index contributed by atoms with van der Waals surface area (Å²) in [6, 6.07) is 30.6. The summed E-state index contributed by atoms with van der Waals surface area (Å²) in [6.07, 6.45) is 0.784. The monoisotopic (exact) mass is 511 g/mol. The Morgan fingerprint density at radius 2 is 1.09 bits per heavy atom. The van der Waals surface area contributed by atoms with Crippen molar-refractivity contribution in [2.45, 2.75) is 19.3 Å². The molecule has 3 aromatic rings. The summed E-state index contributed by atoms with van der Waals surface area (Å²) < 4.78 is 0. The Bertz CT molecular complexity index is 964. The molecule has 32 heavy (non-hydrogen) atoms. The molecule has 2 amide bonds. The summed E-state index contributed by atoms with van der Waals surface area (Å²) >= 11 is 0. The first-order chi connectivity index (χ1) is 15.1. The Morgan fingerprint density at radius 3 is 1.47 bits per heavy atom. The lowest BCUT2D eigenvalue weighted by atomic mass is 10.4. The molecule has 1 fully saturated rings. The number of hydrogen-bond donors (Lipinski definition) is 0. The van der Waals surface area contributed by atoms with Crippen LogP contribution in [0.3, 0.4) is 0 Å². The third-order valence-electron chi connectivity index (χ3n) is 5.44. The molecule has 0 N–H and O–H groups in total. The summed E-state index contributed by atoms with van der Waals surface area (Å²) in [5, 5.41) is 4.10. The maximum atomic E-state index is 12.7. The SMILES string of the molecule is O=C(CC[P+](c1ccccc1)(c1ccccc1)c1ccccc1)ON1C(=O)CCC1=O.[Br-]. The Morgan fingerprint density at radius 1 is 0.719 bits per heavy atom. The zero-order valence-electron chi connectivity index (χ0n) is 17.4. The van der Waals surface area contributed by atoms with Gasteiger partial charge in [-0.25, -0.2) is 4.79 Å². The molecule has 3 aromatic carbocycles. The van der Waals surface area contributed by atoms with E-state index in [0.717, 1.165) is 15.9 Å². The lowest BCUT2D eigenvalue weighted by Gasteiger charge is -2.27. The van der Waals surface area contributed by atoms with Crippen LogP contribution in [-0.2, 0) is 19.2 Å². The smallest absolute Gasteiger partial charge is 0.336 e. The van der Waals surface area contributed by atoms with Gasteiger partial charge in [0, 0.05) is 12.8 Å². The van der Waals surface area contributed by atoms with Crippen LogP contribution in [0, 0.1) is 0 Å². The molecule has 164 valence electrons. The van der Waals surface area contributed by atoms with E-state index >= 15 is 0 Å². The minimum Gasteiger partial charge on any atom is -1.00 e. The summed E-state index contributed by atoms with van der Waals surface area (Å²) in [5.74, 6) is -1.50. The van der Waals surface area contributed by atoms with Crippen LogP contribution >= 0.6 is 7.26 Å². The Hall–Kier alpha value is -2.82. The van der Waals surface area contributed by atoms with Crippen molar-refractivity contribution in [3.05, 3.63) is 91.0 Å². The first-order valence-corrected chi connectivity index (χ1v) is 12.2. The van der Waals surface area contributed by atoms with E-state index < -0.39 is 25.0 Å². The molecule has 0 spiro atoms. The van der Waals surface area contributed by atoms with Gasteiger partial charge in [-0.1, -0.05) is 54.6 Å². The lowest BCUT2D eigenvalue weighted by Crippen LogP contribution is -3.00. The van der Waals surface area contributed by atoms with Crippen molar-refractivity contribution in [2.24, 2.45) is 0 Å². The highest BCUT2D eigenvalue weighted by molar-refractivity contribution is 7.95. The predicted molar refractivity (Wildman–Crippen MR) is 122 cm³/mol. The van der Waals surface area contributed by atoms with Crippen molar-refractivity contribution in [3.8, 4) is 0 Å². The standard InChI is InChI=1S/C25H23NO4P.BrH/c27-23-16-17-24(28)26(23)30-25(29)18-19-31(20-10-4-1-5-11-20,21-12-6-2-7-13-21)22-14-8-3-9-15-22;/h1-15H,16-19H2;1H/q+1;/p-1. The van der Waals surface area contributed by atoms with Gasteiger partial charge in [-0.15, -0.1) is 5.06 Å². The molecule has 0 radical (unpaired) electrons. The zero-order valence-corrected chi connectivity index (χ0v) is 19.9. The second-order valence-corrected chi connectivity index (χ2v) is 11.0. The first kappa shape index (κ1) is 23.8. The van der Waals surface area contributed by atoms with E-state index in [9.17, 15) is 14.4 Å². The number of nitrogens with zero attached hydrogens (tertiary/aromatic N) is 1. The van der Waals surface area contributed by atoms with E-state index in [1.165, 1.54) is 0 Å². The van der Waals surface area contributed by atoms with Crippen molar-refractivity contribution < 1.29 is 36.2 Å². The minimum atomic E-state index is -2.17. The van der Waals surface area contributed by atoms with Crippen molar-refractivity contribution >= 4 is 41.0 Å². The molecule has 0 saturated carbocycles. The predicted octanol–water partition coefficient (Wildman–Crippen LogP) is -0.0182. The highest BCUT2D eigenvalue weighted by Gasteiger charge is 2.45. The zero-order chi connectivity index (χ0) is 21.7. The molecule has 1 aliphatic rings. The van der Waals surface area contributed by atoms with E-state index in [2.05, 4.69) is 36.4 Å². The van der Waals surface area contributed by atoms with Crippen molar-refractivity contribution in [2.75, 3.05) is 6.16 Å². The highest BCUT2D eigenvalue weighted by Crippen LogP contribution is 2.55. The summed E-state index contributed by atoms with van der Waals surface area (Å²) in [7, 11) is -2.17. The average Bonchev–Trinajstić information content (AvgIpc) is 3.14. The van der Waals surface area contributed by atoms with Crippen molar-refractivity contribution in [1.29, 1.82) is 0 Å². The minimum absolute atomic E-state index is 0. The third-order valence-corrected chi connectivity index (χ3v) is 9.87. The number of amides is 2. The lowest BCUT2D eigenvalue weighted by molar-refractivity contribution is -0.197. The normalized spacial score (nSPS) is 13.6. The fourth-order valence-electron chi connectivity index (χ4n) is 3.95. The molecule has 1 saturated heterocycles. The van der Waals surface area contributed by atoms with Gasteiger partial charge in [-0.2, -0.15) is 0 Å². The quantitative estimate of drug-likeness (QED) is 0.330. The topological polar surface area (TPSA) is 63.7 Å². The number of hydroxylamine groups is 2. The van der Waals surface area contributed by atoms with Crippen LogP contribution in [0.4, 0.5) is 0 Å². The van der Waals surface area contributed by atoms with Gasteiger partial charge in [0.25, 0.3) is 11.8 Å². The maximum absolute atomic E-state index is 12.7. The van der Waals surface area contributed by atoms with Gasteiger partial charge in [-0.3, -0.25) is 9.59 Å². The number of imide groups is 1. The Kier molecular flexibility index (Phi) is 7.94. The summed E-state index contributed by atoms with van der Waals surface area (Å²) in [5.41, 5.74) is 0. The third kappa shape index (κ3) is 4.82. The molecule has 0 bridgehead atoms. The van der Waals surface area contributed by atoms with Crippen LogP contribution in [0.2, 0.25) is 0 Å². The summed E-state index contributed by atoms with van der Waals surface area (Å²) in [4.78, 5) is 41.5. The highest BCUT2D eigenvalue weighted by atomic mass is 79.9. The number of carbonyl (C=O) groups excluding carboxylic acids is 3. The van der Waals surface area contributed by atoms with Crippen LogP contribution in [0.15, 0.2) is 91.0 Å². The number of benzene rings is 3. The second-order valence-electron chi connectivity index (χ2n) is 7.34.